The first kappa shape index (κ1) is 19.7. The number of aromatic nitrogens is 6. The lowest BCUT2D eigenvalue weighted by molar-refractivity contribution is -0.115. The highest BCUT2D eigenvalue weighted by molar-refractivity contribution is 8.00. The number of carbonyl (C=O) groups excluding carboxylic acids is 1. The smallest absolute Gasteiger partial charge is 0.239 e. The molecule has 10 heteroatoms. The number of amides is 1. The quantitative estimate of drug-likeness (QED) is 0.444. The van der Waals surface area contributed by atoms with Gasteiger partial charge in [-0.15, -0.1) is 20.4 Å². The van der Waals surface area contributed by atoms with Gasteiger partial charge in [-0.05, 0) is 25.8 Å². The van der Waals surface area contributed by atoms with Gasteiger partial charge >= 0.3 is 0 Å². The molecule has 4 aromatic rings. The van der Waals surface area contributed by atoms with E-state index in [1.54, 1.807) is 0 Å². The van der Waals surface area contributed by atoms with Crippen molar-refractivity contribution in [3.05, 3.63) is 29.3 Å². The van der Waals surface area contributed by atoms with Crippen LogP contribution in [0.15, 0.2) is 29.4 Å². The molecule has 1 aromatic carbocycles. The molecule has 0 fully saturated rings. The monoisotopic (exact) mass is 427 g/mol. The van der Waals surface area contributed by atoms with Crippen molar-refractivity contribution in [3.63, 3.8) is 0 Å². The Hall–Kier alpha value is -2.59. The molecule has 3 aromatic heterocycles. The Bertz CT molecular complexity index is 1170. The zero-order chi connectivity index (χ0) is 20.4. The Morgan fingerprint density at radius 2 is 2.03 bits per heavy atom. The van der Waals surface area contributed by atoms with E-state index in [2.05, 4.69) is 43.3 Å². The summed E-state index contributed by atoms with van der Waals surface area (Å²) in [5.74, 6) is -0.133. The van der Waals surface area contributed by atoms with Crippen molar-refractivity contribution in [2.75, 3.05) is 5.32 Å². The molecule has 8 nitrogen and oxygen atoms in total. The lowest BCUT2D eigenvalue weighted by Crippen LogP contribution is -2.24. The number of nitrogens with one attached hydrogen (secondary N) is 1. The first-order valence-electron chi connectivity index (χ1n) is 9.50. The van der Waals surface area contributed by atoms with Crippen LogP contribution in [-0.4, -0.2) is 41.1 Å². The average Bonchev–Trinajstić information content (AvgIpc) is 3.27. The van der Waals surface area contributed by atoms with Crippen LogP contribution < -0.4 is 5.32 Å². The van der Waals surface area contributed by atoms with E-state index in [1.807, 2.05) is 32.0 Å². The Balaban J connectivity index is 1.63. The van der Waals surface area contributed by atoms with Crippen LogP contribution in [0.2, 0.25) is 0 Å². The molecule has 0 saturated carbocycles. The van der Waals surface area contributed by atoms with E-state index < -0.39 is 0 Å². The summed E-state index contributed by atoms with van der Waals surface area (Å²) in [6.07, 6.45) is 1.62. The van der Waals surface area contributed by atoms with Crippen LogP contribution in [0.4, 0.5) is 5.13 Å². The summed E-state index contributed by atoms with van der Waals surface area (Å²) in [5.41, 5.74) is 2.70. The fourth-order valence-corrected chi connectivity index (χ4v) is 4.58. The molecule has 1 amide bonds. The van der Waals surface area contributed by atoms with E-state index in [-0.39, 0.29) is 11.2 Å². The molecule has 0 aliphatic heterocycles. The minimum Gasteiger partial charge on any atom is -0.324 e. The van der Waals surface area contributed by atoms with Gasteiger partial charge in [-0.1, -0.05) is 55.1 Å². The molecule has 0 radical (unpaired) electrons. The normalized spacial score (nSPS) is 12.5. The number of fused-ring (bicyclic) bond motifs is 3. The third-order valence-corrected chi connectivity index (χ3v) is 6.44. The number of hydrogen-bond acceptors (Lipinski definition) is 8. The highest BCUT2D eigenvalue weighted by Gasteiger charge is 2.22. The SMILES string of the molecule is CCCn1c2ccccc2c2nnc(S[C@@H](CC)C(=O)Nc3nnc(C)s3)nc21. The second kappa shape index (κ2) is 8.42. The van der Waals surface area contributed by atoms with Crippen LogP contribution in [-0.2, 0) is 11.3 Å². The first-order valence-corrected chi connectivity index (χ1v) is 11.2. The van der Waals surface area contributed by atoms with Gasteiger partial charge in [0.25, 0.3) is 0 Å². The fourth-order valence-electron chi connectivity index (χ4n) is 3.17. The molecular formula is C19H21N7OS2. The number of hydrogen-bond donors (Lipinski definition) is 1. The topological polar surface area (TPSA) is 98.5 Å². The number of nitrogens with zero attached hydrogens (tertiary/aromatic N) is 6. The molecule has 1 atom stereocenters. The third kappa shape index (κ3) is 3.95. The van der Waals surface area contributed by atoms with Crippen molar-refractivity contribution in [1.29, 1.82) is 0 Å². The Labute approximate surface area is 176 Å². The highest BCUT2D eigenvalue weighted by atomic mass is 32.2. The summed E-state index contributed by atoms with van der Waals surface area (Å²) in [4.78, 5) is 17.4. The number of benzene rings is 1. The van der Waals surface area contributed by atoms with Crippen LogP contribution in [0.5, 0.6) is 0 Å². The van der Waals surface area contributed by atoms with Crippen molar-refractivity contribution >= 4 is 56.2 Å². The second-order valence-corrected chi connectivity index (χ2v) is 8.92. The Morgan fingerprint density at radius 3 is 2.76 bits per heavy atom. The molecule has 29 heavy (non-hydrogen) atoms. The second-order valence-electron chi connectivity index (χ2n) is 6.57. The minimum absolute atomic E-state index is 0.133. The van der Waals surface area contributed by atoms with Crippen molar-refractivity contribution in [3.8, 4) is 0 Å². The van der Waals surface area contributed by atoms with Gasteiger partial charge in [0.05, 0.1) is 10.8 Å². The van der Waals surface area contributed by atoms with Gasteiger partial charge in [-0.2, -0.15) is 0 Å². The van der Waals surface area contributed by atoms with E-state index in [0.717, 1.165) is 40.0 Å². The van der Waals surface area contributed by atoms with Crippen LogP contribution in [0.25, 0.3) is 22.1 Å². The average molecular weight is 428 g/mol. The van der Waals surface area contributed by atoms with Crippen molar-refractivity contribution in [2.24, 2.45) is 0 Å². The number of para-hydroxylation sites is 1. The Kier molecular flexibility index (Phi) is 5.72. The molecule has 0 aliphatic carbocycles. The Morgan fingerprint density at radius 1 is 1.21 bits per heavy atom. The molecule has 0 bridgehead atoms. The van der Waals surface area contributed by atoms with Gasteiger partial charge in [0.15, 0.2) is 5.65 Å². The number of anilines is 1. The zero-order valence-electron chi connectivity index (χ0n) is 16.4. The van der Waals surface area contributed by atoms with Crippen LogP contribution >= 0.6 is 23.1 Å². The van der Waals surface area contributed by atoms with Gasteiger partial charge in [0.1, 0.15) is 10.5 Å². The van der Waals surface area contributed by atoms with Crippen molar-refractivity contribution in [1.82, 2.24) is 29.9 Å². The maximum atomic E-state index is 12.7. The largest absolute Gasteiger partial charge is 0.324 e. The molecule has 3 heterocycles. The number of thioether (sulfide) groups is 1. The summed E-state index contributed by atoms with van der Waals surface area (Å²) in [7, 11) is 0. The van der Waals surface area contributed by atoms with E-state index in [9.17, 15) is 4.79 Å². The molecule has 0 unspecified atom stereocenters. The predicted molar refractivity (Wildman–Crippen MR) is 116 cm³/mol. The zero-order valence-corrected chi connectivity index (χ0v) is 18.0. The van der Waals surface area contributed by atoms with Crippen molar-refractivity contribution < 1.29 is 4.79 Å². The van der Waals surface area contributed by atoms with Gasteiger partial charge in [0, 0.05) is 11.9 Å². The minimum atomic E-state index is -0.345. The maximum absolute atomic E-state index is 12.7. The van der Waals surface area contributed by atoms with E-state index >= 15 is 0 Å². The number of rotatable bonds is 7. The molecule has 0 aliphatic rings. The molecule has 150 valence electrons. The summed E-state index contributed by atoms with van der Waals surface area (Å²) in [6, 6.07) is 8.13. The summed E-state index contributed by atoms with van der Waals surface area (Å²) in [6.45, 7) is 6.80. The molecule has 0 spiro atoms. The standard InChI is InChI=1S/C19H21N7OS2/c1-4-10-26-13-9-7-6-8-12(13)15-16(26)20-18(25-23-15)29-14(5-2)17(27)21-19-24-22-11(3)28-19/h6-9,14H,4-5,10H2,1-3H3,(H,21,24,27)/t14-/m0/s1. The lowest BCUT2D eigenvalue weighted by atomic mass is 10.2. The van der Waals surface area contributed by atoms with Gasteiger partial charge < -0.3 is 4.57 Å². The third-order valence-electron chi connectivity index (χ3n) is 4.47. The van der Waals surface area contributed by atoms with Gasteiger partial charge in [0.2, 0.25) is 16.2 Å². The van der Waals surface area contributed by atoms with Crippen LogP contribution in [0.3, 0.4) is 0 Å². The lowest BCUT2D eigenvalue weighted by Gasteiger charge is -2.12. The summed E-state index contributed by atoms with van der Waals surface area (Å²) < 4.78 is 2.18. The number of aryl methyl sites for hydroxylation is 2. The van der Waals surface area contributed by atoms with Crippen LogP contribution in [0, 0.1) is 6.92 Å². The van der Waals surface area contributed by atoms with Crippen LogP contribution in [0.1, 0.15) is 31.7 Å². The van der Waals surface area contributed by atoms with Gasteiger partial charge in [-0.25, -0.2) is 4.98 Å². The molecule has 0 saturated heterocycles. The first-order chi connectivity index (χ1) is 14.1. The van der Waals surface area contributed by atoms with E-state index in [4.69, 9.17) is 4.98 Å². The molecule has 4 rings (SSSR count). The molecule has 1 N–H and O–H groups in total. The van der Waals surface area contributed by atoms with Gasteiger partial charge in [-0.3, -0.25) is 10.1 Å². The predicted octanol–water partition coefficient (Wildman–Crippen LogP) is 4.06. The fraction of sp³-hybridized carbons (Fsp3) is 0.368. The summed E-state index contributed by atoms with van der Waals surface area (Å²) >= 11 is 2.67. The van der Waals surface area contributed by atoms with Crippen molar-refractivity contribution in [2.45, 2.75) is 50.6 Å². The van der Waals surface area contributed by atoms with E-state index in [1.165, 1.54) is 23.1 Å². The summed E-state index contributed by atoms with van der Waals surface area (Å²) in [5, 5.41) is 22.0. The maximum Gasteiger partial charge on any atom is 0.239 e. The molecular weight excluding hydrogens is 406 g/mol. The highest BCUT2D eigenvalue weighted by Crippen LogP contribution is 2.29. The number of carbonyl (C=O) groups is 1. The van der Waals surface area contributed by atoms with E-state index in [0.29, 0.717) is 16.7 Å².